The number of rotatable bonds is 13. The third-order valence-electron chi connectivity index (χ3n) is 9.50. The number of hydrogen-bond acceptors (Lipinski definition) is 5. The minimum absolute atomic E-state index is 0.197. The van der Waals surface area contributed by atoms with Gasteiger partial charge < -0.3 is 0 Å². The predicted molar refractivity (Wildman–Crippen MR) is 220 cm³/mol. The molecule has 6 heteroatoms. The molecule has 6 aromatic rings. The molecular weight excluding hydrogens is 750 g/mol. The van der Waals surface area contributed by atoms with Crippen LogP contribution < -0.4 is 16.3 Å². The van der Waals surface area contributed by atoms with E-state index in [4.69, 9.17) is 19.7 Å². The summed E-state index contributed by atoms with van der Waals surface area (Å²) in [6.45, 7) is 13.3. The molecule has 6 rings (SSSR count). The number of methoxy groups -OCH3 is 2. The average Bonchev–Trinajstić information content (AvgIpc) is 3.18. The quantitative estimate of drug-likeness (QED) is 0.109. The van der Waals surface area contributed by atoms with Crippen molar-refractivity contribution < 1.29 is 32.4 Å². The Morgan fingerprint density at radius 1 is 0.519 bits per heavy atom. The zero-order chi connectivity index (χ0) is 38.3. The van der Waals surface area contributed by atoms with E-state index in [9.17, 15) is 0 Å². The summed E-state index contributed by atoms with van der Waals surface area (Å²) in [6.07, 6.45) is 0. The first-order chi connectivity index (χ1) is 26.1. The summed E-state index contributed by atoms with van der Waals surface area (Å²) in [6, 6.07) is 49.8. The van der Waals surface area contributed by atoms with Crippen molar-refractivity contribution in [1.82, 2.24) is 0 Å². The number of para-hydroxylation sites is 2. The second-order valence-electron chi connectivity index (χ2n) is 14.5. The Morgan fingerprint density at radius 2 is 0.944 bits per heavy atom. The van der Waals surface area contributed by atoms with Gasteiger partial charge in [-0.15, -0.1) is 0 Å². The van der Waals surface area contributed by atoms with Gasteiger partial charge in [0.1, 0.15) is 0 Å². The molecule has 0 fully saturated rings. The van der Waals surface area contributed by atoms with Gasteiger partial charge in [0.25, 0.3) is 0 Å². The maximum absolute atomic E-state index is 7.84. The Balaban J connectivity index is 1.82. The topological polar surface area (TPSA) is 49.3 Å². The van der Waals surface area contributed by atoms with Crippen LogP contribution in [0.25, 0.3) is 22.3 Å². The number of benzene rings is 6. The summed E-state index contributed by atoms with van der Waals surface area (Å²) in [4.78, 5) is 0. The van der Waals surface area contributed by atoms with Crippen LogP contribution in [0.1, 0.15) is 70.1 Å². The van der Waals surface area contributed by atoms with Gasteiger partial charge in [0.05, 0.1) is 0 Å². The summed E-state index contributed by atoms with van der Waals surface area (Å²) in [5.41, 5.74) is 7.74. The van der Waals surface area contributed by atoms with Crippen LogP contribution in [0.15, 0.2) is 149 Å². The van der Waals surface area contributed by atoms with Gasteiger partial charge in [-0.2, -0.15) is 0 Å². The standard InChI is InChI=1S/C18H14O.C12H17N.C10H12.C8H10O3.Mo/c19-18-16(14-8-3-1-4-9-14)12-7-13-17(18)15-10-5-2-6-11-15;1-8(2)10-6-5-7-11(9(3)4)12(10)13;1-10(2,3)9-7-5-4-6-8-9;1-10-6-4-3-5-7(11-2)8(6)9;/h1-13,19H;5-9H,1-4H3;1,4-8H,2-3H3;3-5,9H,1-2H3;/q;;;;+2/p-2. The summed E-state index contributed by atoms with van der Waals surface area (Å²) >= 11 is -4.92. The van der Waals surface area contributed by atoms with Gasteiger partial charge in [-0.1, -0.05) is 0 Å². The maximum atomic E-state index is 7.84. The third-order valence-corrected chi connectivity index (χ3v) is 14.7. The zero-order valence-electron chi connectivity index (χ0n) is 32.6. The summed E-state index contributed by atoms with van der Waals surface area (Å²) in [5, 5.41) is 0. The molecule has 1 unspecified atom stereocenters. The van der Waals surface area contributed by atoms with E-state index >= 15 is 0 Å². The van der Waals surface area contributed by atoms with Crippen molar-refractivity contribution in [2.45, 2.75) is 58.8 Å². The van der Waals surface area contributed by atoms with Gasteiger partial charge in [-0.3, -0.25) is 0 Å². The van der Waals surface area contributed by atoms with E-state index in [1.165, 1.54) is 0 Å². The zero-order valence-corrected chi connectivity index (χ0v) is 34.6. The summed E-state index contributed by atoms with van der Waals surface area (Å²) < 4.78 is 35.6. The van der Waals surface area contributed by atoms with Gasteiger partial charge in [-0.05, 0) is 0 Å². The Morgan fingerprint density at radius 3 is 1.41 bits per heavy atom. The molecule has 0 radical (unpaired) electrons. The van der Waals surface area contributed by atoms with E-state index < -0.39 is 21.6 Å². The van der Waals surface area contributed by atoms with Crippen molar-refractivity contribution in [3.8, 4) is 45.3 Å². The van der Waals surface area contributed by atoms with Crippen molar-refractivity contribution in [2.75, 3.05) is 14.2 Å². The SMILES string of the molecule is COc1cccc(OC)c1[O][Mo](=[CH]C(C)(C)c1ccccc1)(=[N]c1c(C(C)C)cccc1C(C)C)[O]c1c(-c2ccccc2)cccc1-c1ccccc1. The molecule has 0 N–H and O–H groups in total. The van der Waals surface area contributed by atoms with E-state index in [-0.39, 0.29) is 11.8 Å². The second kappa shape index (κ2) is 16.9. The molecule has 0 aliphatic rings. The fraction of sp³-hybridized carbons (Fsp3) is 0.229. The van der Waals surface area contributed by atoms with Gasteiger partial charge in [0, 0.05) is 0 Å². The predicted octanol–water partition coefficient (Wildman–Crippen LogP) is 13.0. The van der Waals surface area contributed by atoms with E-state index in [1.54, 1.807) is 14.2 Å². The van der Waals surface area contributed by atoms with Gasteiger partial charge >= 0.3 is 327 Å². The van der Waals surface area contributed by atoms with Crippen molar-refractivity contribution in [1.29, 1.82) is 0 Å². The van der Waals surface area contributed by atoms with Crippen molar-refractivity contribution in [3.63, 3.8) is 0 Å². The second-order valence-corrected chi connectivity index (χ2v) is 18.9. The number of nitrogens with zero attached hydrogens (tertiary/aromatic N) is 1. The summed E-state index contributed by atoms with van der Waals surface area (Å²) in [7, 11) is 3.30. The third kappa shape index (κ3) is 8.48. The summed E-state index contributed by atoms with van der Waals surface area (Å²) in [5.74, 6) is 2.64. The monoisotopic (exact) mass is 803 g/mol. The first-order valence-electron chi connectivity index (χ1n) is 18.5. The molecule has 5 nitrogen and oxygen atoms in total. The molecule has 0 heterocycles. The van der Waals surface area contributed by atoms with E-state index in [0.717, 1.165) is 44.6 Å². The molecule has 0 bridgehead atoms. The van der Waals surface area contributed by atoms with Crippen LogP contribution in [-0.2, 0) is 21.6 Å². The Bertz CT molecular complexity index is 2200. The molecule has 6 aromatic carbocycles. The van der Waals surface area contributed by atoms with Crippen LogP contribution in [0.4, 0.5) is 5.69 Å². The molecule has 0 aliphatic heterocycles. The molecular formula is C48H51MoNO4. The normalized spacial score (nSPS) is 12.6. The molecule has 54 heavy (non-hydrogen) atoms. The number of ether oxygens (including phenoxy) is 2. The van der Waals surface area contributed by atoms with Crippen LogP contribution in [0.2, 0.25) is 0 Å². The van der Waals surface area contributed by atoms with E-state index in [0.29, 0.717) is 23.0 Å². The Hall–Kier alpha value is -5.12. The Labute approximate surface area is 325 Å². The first-order valence-corrected chi connectivity index (χ1v) is 22.2. The molecule has 0 spiro atoms. The molecule has 278 valence electrons. The van der Waals surface area contributed by atoms with Crippen LogP contribution >= 0.6 is 0 Å². The van der Waals surface area contributed by atoms with E-state index in [2.05, 4.69) is 155 Å². The molecule has 0 saturated heterocycles. The minimum atomic E-state index is -4.92. The van der Waals surface area contributed by atoms with Crippen LogP contribution in [-0.4, -0.2) is 18.6 Å². The van der Waals surface area contributed by atoms with E-state index in [1.807, 2.05) is 36.4 Å². The molecule has 0 amide bonds. The van der Waals surface area contributed by atoms with Crippen LogP contribution in [0.5, 0.6) is 23.0 Å². The first kappa shape index (κ1) is 38.6. The van der Waals surface area contributed by atoms with Crippen LogP contribution in [0.3, 0.4) is 0 Å². The van der Waals surface area contributed by atoms with Gasteiger partial charge in [-0.25, -0.2) is 0 Å². The Kier molecular flexibility index (Phi) is 12.1. The van der Waals surface area contributed by atoms with Crippen molar-refractivity contribution in [3.05, 3.63) is 162 Å². The van der Waals surface area contributed by atoms with Crippen molar-refractivity contribution in [2.24, 2.45) is 3.50 Å². The van der Waals surface area contributed by atoms with Gasteiger partial charge in [0.2, 0.25) is 0 Å². The fourth-order valence-corrected chi connectivity index (χ4v) is 12.6. The molecule has 0 aromatic heterocycles. The fourth-order valence-electron chi connectivity index (χ4n) is 6.64. The van der Waals surface area contributed by atoms with Crippen molar-refractivity contribution >= 4 is 10.1 Å². The average molecular weight is 802 g/mol. The molecule has 0 aliphatic carbocycles. The van der Waals surface area contributed by atoms with Crippen LogP contribution in [0, 0.1) is 0 Å². The molecule has 0 saturated carbocycles. The van der Waals surface area contributed by atoms with Gasteiger partial charge in [0.15, 0.2) is 0 Å². The number of hydrogen-bond donors (Lipinski definition) is 0. The molecule has 1 atom stereocenters.